The SMILES string of the molecule is CNC1CCC(c2ccccc2)CC1N(C)C(C)COC. The third-order valence-corrected chi connectivity index (χ3v) is 5.08. The van der Waals surface area contributed by atoms with Gasteiger partial charge in [-0.05, 0) is 51.8 Å². The molecule has 1 N–H and O–H groups in total. The van der Waals surface area contributed by atoms with Gasteiger partial charge in [0.05, 0.1) is 6.61 Å². The van der Waals surface area contributed by atoms with Crippen LogP contribution in [0.5, 0.6) is 0 Å². The fraction of sp³-hybridized carbons (Fsp3) is 0.667. The molecule has 3 heteroatoms. The number of nitrogens with zero attached hydrogens (tertiary/aromatic N) is 1. The molecule has 118 valence electrons. The van der Waals surface area contributed by atoms with Crippen molar-refractivity contribution in [3.8, 4) is 0 Å². The van der Waals surface area contributed by atoms with E-state index in [2.05, 4.69) is 61.6 Å². The van der Waals surface area contributed by atoms with Crippen LogP contribution < -0.4 is 5.32 Å². The van der Waals surface area contributed by atoms with E-state index >= 15 is 0 Å². The summed E-state index contributed by atoms with van der Waals surface area (Å²) in [4.78, 5) is 2.50. The van der Waals surface area contributed by atoms with Gasteiger partial charge in [0, 0.05) is 25.2 Å². The summed E-state index contributed by atoms with van der Waals surface area (Å²) in [6.07, 6.45) is 3.74. The Balaban J connectivity index is 2.09. The number of ether oxygens (including phenoxy) is 1. The first-order valence-electron chi connectivity index (χ1n) is 8.10. The quantitative estimate of drug-likeness (QED) is 0.872. The maximum Gasteiger partial charge on any atom is 0.0615 e. The molecule has 4 atom stereocenters. The Kier molecular flexibility index (Phi) is 6.22. The zero-order chi connectivity index (χ0) is 15.2. The Morgan fingerprint density at radius 2 is 2.00 bits per heavy atom. The number of likely N-dealkylation sites (N-methyl/N-ethyl adjacent to an activating group) is 2. The minimum atomic E-state index is 0.449. The zero-order valence-electron chi connectivity index (χ0n) is 13.9. The lowest BCUT2D eigenvalue weighted by Crippen LogP contribution is -2.54. The summed E-state index contributed by atoms with van der Waals surface area (Å²) >= 11 is 0. The Hall–Kier alpha value is -0.900. The summed E-state index contributed by atoms with van der Waals surface area (Å²) < 4.78 is 5.33. The molecule has 3 nitrogen and oxygen atoms in total. The minimum absolute atomic E-state index is 0.449. The molecule has 0 aliphatic heterocycles. The molecule has 21 heavy (non-hydrogen) atoms. The lowest BCUT2D eigenvalue weighted by molar-refractivity contribution is 0.0579. The number of benzene rings is 1. The van der Waals surface area contributed by atoms with Crippen LogP contribution in [-0.2, 0) is 4.74 Å². The van der Waals surface area contributed by atoms with Gasteiger partial charge in [-0.1, -0.05) is 30.3 Å². The van der Waals surface area contributed by atoms with Crippen LogP contribution >= 0.6 is 0 Å². The molecule has 1 aromatic carbocycles. The van der Waals surface area contributed by atoms with Crippen LogP contribution in [0.3, 0.4) is 0 Å². The lowest BCUT2D eigenvalue weighted by atomic mass is 9.78. The van der Waals surface area contributed by atoms with Crippen molar-refractivity contribution >= 4 is 0 Å². The fourth-order valence-electron chi connectivity index (χ4n) is 3.65. The molecule has 1 saturated carbocycles. The highest BCUT2D eigenvalue weighted by Crippen LogP contribution is 2.35. The summed E-state index contributed by atoms with van der Waals surface area (Å²) in [6, 6.07) is 12.6. The summed E-state index contributed by atoms with van der Waals surface area (Å²) in [5.41, 5.74) is 1.49. The molecular weight excluding hydrogens is 260 g/mol. The van der Waals surface area contributed by atoms with Gasteiger partial charge in [0.25, 0.3) is 0 Å². The van der Waals surface area contributed by atoms with Crippen LogP contribution in [0.25, 0.3) is 0 Å². The van der Waals surface area contributed by atoms with Gasteiger partial charge in [0.15, 0.2) is 0 Å². The van der Waals surface area contributed by atoms with Crippen LogP contribution in [0.1, 0.15) is 37.7 Å². The second-order valence-corrected chi connectivity index (χ2v) is 6.35. The van der Waals surface area contributed by atoms with Crippen molar-refractivity contribution in [3.63, 3.8) is 0 Å². The molecular formula is C18H30N2O. The Morgan fingerprint density at radius 1 is 1.29 bits per heavy atom. The third-order valence-electron chi connectivity index (χ3n) is 5.08. The number of methoxy groups -OCH3 is 1. The molecule has 1 aromatic rings. The molecule has 0 saturated heterocycles. The maximum atomic E-state index is 5.33. The first-order valence-corrected chi connectivity index (χ1v) is 8.10. The second kappa shape index (κ2) is 7.92. The van der Waals surface area contributed by atoms with Gasteiger partial charge in [-0.2, -0.15) is 0 Å². The highest BCUT2D eigenvalue weighted by atomic mass is 16.5. The number of hydrogen-bond acceptors (Lipinski definition) is 3. The molecule has 1 fully saturated rings. The van der Waals surface area contributed by atoms with E-state index in [4.69, 9.17) is 4.74 Å². The van der Waals surface area contributed by atoms with Gasteiger partial charge in [-0.15, -0.1) is 0 Å². The van der Waals surface area contributed by atoms with Gasteiger partial charge >= 0.3 is 0 Å². The van der Waals surface area contributed by atoms with Crippen molar-refractivity contribution in [2.75, 3.05) is 27.8 Å². The van der Waals surface area contributed by atoms with Gasteiger partial charge in [-0.25, -0.2) is 0 Å². The van der Waals surface area contributed by atoms with Gasteiger partial charge in [0.2, 0.25) is 0 Å². The van der Waals surface area contributed by atoms with E-state index in [-0.39, 0.29) is 0 Å². The van der Waals surface area contributed by atoms with E-state index in [1.54, 1.807) is 7.11 Å². The maximum absolute atomic E-state index is 5.33. The number of nitrogens with one attached hydrogen (secondary N) is 1. The van der Waals surface area contributed by atoms with Crippen molar-refractivity contribution in [3.05, 3.63) is 35.9 Å². The average molecular weight is 290 g/mol. The highest BCUT2D eigenvalue weighted by Gasteiger charge is 2.34. The lowest BCUT2D eigenvalue weighted by Gasteiger charge is -2.43. The molecule has 0 radical (unpaired) electrons. The summed E-state index contributed by atoms with van der Waals surface area (Å²) in [5, 5.41) is 3.52. The highest BCUT2D eigenvalue weighted by molar-refractivity contribution is 5.21. The summed E-state index contributed by atoms with van der Waals surface area (Å²) in [6.45, 7) is 3.04. The first-order chi connectivity index (χ1) is 10.2. The topological polar surface area (TPSA) is 24.5 Å². The van der Waals surface area contributed by atoms with Crippen molar-refractivity contribution < 1.29 is 4.74 Å². The molecule has 4 unspecified atom stereocenters. The molecule has 0 spiro atoms. The fourth-order valence-corrected chi connectivity index (χ4v) is 3.65. The molecule has 0 aromatic heterocycles. The smallest absolute Gasteiger partial charge is 0.0615 e. The third kappa shape index (κ3) is 4.06. The van der Waals surface area contributed by atoms with Crippen LogP contribution in [0.2, 0.25) is 0 Å². The van der Waals surface area contributed by atoms with E-state index < -0.39 is 0 Å². The molecule has 0 amide bonds. The average Bonchev–Trinajstić information content (AvgIpc) is 2.54. The van der Waals surface area contributed by atoms with E-state index in [0.717, 1.165) is 6.61 Å². The van der Waals surface area contributed by atoms with E-state index in [1.165, 1.54) is 24.8 Å². The largest absolute Gasteiger partial charge is 0.383 e. The van der Waals surface area contributed by atoms with E-state index in [9.17, 15) is 0 Å². The van der Waals surface area contributed by atoms with Crippen molar-refractivity contribution in [2.24, 2.45) is 0 Å². The van der Waals surface area contributed by atoms with Crippen LogP contribution in [0, 0.1) is 0 Å². The van der Waals surface area contributed by atoms with Crippen molar-refractivity contribution in [2.45, 2.75) is 50.2 Å². The standard InChI is InChI=1S/C18H30N2O/c1-14(13-21-4)20(3)18-12-16(10-11-17(18)19-2)15-8-6-5-7-9-15/h5-9,14,16-19H,10-13H2,1-4H3. The van der Waals surface area contributed by atoms with Crippen molar-refractivity contribution in [1.82, 2.24) is 10.2 Å². The molecule has 1 aliphatic carbocycles. The van der Waals surface area contributed by atoms with Gasteiger partial charge in [0.1, 0.15) is 0 Å². The Bertz CT molecular complexity index is 409. The van der Waals surface area contributed by atoms with Crippen LogP contribution in [-0.4, -0.2) is 50.8 Å². The number of rotatable bonds is 6. The molecule has 2 rings (SSSR count). The molecule has 0 heterocycles. The summed E-state index contributed by atoms with van der Waals surface area (Å²) in [7, 11) is 6.12. The van der Waals surface area contributed by atoms with E-state index in [0.29, 0.717) is 24.0 Å². The van der Waals surface area contributed by atoms with Gasteiger partial charge in [-0.3, -0.25) is 4.90 Å². The zero-order valence-corrected chi connectivity index (χ0v) is 13.9. The minimum Gasteiger partial charge on any atom is -0.383 e. The Morgan fingerprint density at radius 3 is 2.62 bits per heavy atom. The molecule has 1 aliphatic rings. The second-order valence-electron chi connectivity index (χ2n) is 6.35. The first kappa shape index (κ1) is 16.5. The Labute approximate surface area is 129 Å². The van der Waals surface area contributed by atoms with Gasteiger partial charge < -0.3 is 10.1 Å². The normalized spacial score (nSPS) is 27.8. The number of hydrogen-bond donors (Lipinski definition) is 1. The van der Waals surface area contributed by atoms with Crippen LogP contribution in [0.4, 0.5) is 0 Å². The predicted molar refractivity (Wildman–Crippen MR) is 88.8 cm³/mol. The monoisotopic (exact) mass is 290 g/mol. The predicted octanol–water partition coefficient (Wildman–Crippen LogP) is 2.88. The van der Waals surface area contributed by atoms with E-state index in [1.807, 2.05) is 0 Å². The van der Waals surface area contributed by atoms with Crippen molar-refractivity contribution in [1.29, 1.82) is 0 Å². The van der Waals surface area contributed by atoms with Crippen LogP contribution in [0.15, 0.2) is 30.3 Å². The summed E-state index contributed by atoms with van der Waals surface area (Å²) in [5.74, 6) is 0.679. The molecule has 0 bridgehead atoms.